The van der Waals surface area contributed by atoms with E-state index < -0.39 is 60.8 Å². The first-order valence-electron chi connectivity index (χ1n) is 6.64. The molecule has 152 valence electrons. The van der Waals surface area contributed by atoms with Crippen LogP contribution >= 0.6 is 0 Å². The van der Waals surface area contributed by atoms with Gasteiger partial charge in [0.1, 0.15) is 36.6 Å². The number of aliphatic hydroxyl groups excluding tert-OH is 8. The summed E-state index contributed by atoms with van der Waals surface area (Å²) < 4.78 is 0. The van der Waals surface area contributed by atoms with Crippen LogP contribution in [0.25, 0.3) is 0 Å². The second-order valence-electron chi connectivity index (χ2n) is 4.78. The summed E-state index contributed by atoms with van der Waals surface area (Å²) in [6, 6.07) is 0. The number of carbonyl (C=O) groups excluding carboxylic acids is 2. The highest BCUT2D eigenvalue weighted by Crippen LogP contribution is 2.04. The molecule has 0 spiro atoms. The second-order valence-corrected chi connectivity index (χ2v) is 4.78. The van der Waals surface area contributed by atoms with Crippen molar-refractivity contribution in [1.82, 2.24) is 0 Å². The number of carboxylic acid groups (broad SMARTS) is 2. The molecule has 10 N–H and O–H groups in total. The minimum Gasteiger partial charge on any atom is -0.479 e. The summed E-state index contributed by atoms with van der Waals surface area (Å²) in [5, 5.41) is 86.4. The number of hydrogen-bond donors (Lipinski definition) is 10. The first-order chi connectivity index (χ1) is 11.8. The van der Waals surface area contributed by atoms with Gasteiger partial charge in [-0.15, -0.1) is 0 Å². The zero-order valence-corrected chi connectivity index (χ0v) is 12.9. The van der Waals surface area contributed by atoms with Crippen molar-refractivity contribution in [3.05, 3.63) is 0 Å². The third kappa shape index (κ3) is 8.37. The molecule has 0 saturated carbocycles. The first-order valence-corrected chi connectivity index (χ1v) is 6.64. The quantitative estimate of drug-likeness (QED) is 0.156. The van der Waals surface area contributed by atoms with Crippen LogP contribution in [-0.4, -0.2) is 124 Å². The van der Waals surface area contributed by atoms with Crippen LogP contribution in [0.5, 0.6) is 0 Å². The van der Waals surface area contributed by atoms with Gasteiger partial charge in [-0.1, -0.05) is 0 Å². The lowest BCUT2D eigenvalue weighted by molar-refractivity contribution is -0.164. The lowest BCUT2D eigenvalue weighted by Crippen LogP contribution is -2.48. The molecule has 0 fully saturated rings. The number of hydrogen-bond acceptors (Lipinski definition) is 12. The maximum atomic E-state index is 10.1. The molecule has 0 aromatic rings. The largest absolute Gasteiger partial charge is 0.479 e. The van der Waals surface area contributed by atoms with Gasteiger partial charge in [0.15, 0.2) is 24.8 Å². The minimum atomic E-state index is -2.25. The molecule has 0 heterocycles. The Morgan fingerprint density at radius 3 is 0.923 bits per heavy atom. The summed E-state index contributed by atoms with van der Waals surface area (Å²) in [4.78, 5) is 39.9. The van der Waals surface area contributed by atoms with E-state index in [0.717, 1.165) is 0 Å². The molecule has 0 saturated heterocycles. The lowest BCUT2D eigenvalue weighted by Gasteiger charge is -2.21. The molecular weight excluding hydrogens is 368 g/mol. The average molecular weight is 388 g/mol. The van der Waals surface area contributed by atoms with Gasteiger partial charge < -0.3 is 60.7 Å². The SMILES string of the molecule is O=C[C@@H](O)[C@H](O)[C@H](O)[C@@H](O)C(=O)O.O=C[C@@H](O)[C@H](O)[C@H](O)[C@@H](O)C(=O)O. The zero-order valence-electron chi connectivity index (χ0n) is 12.9. The maximum Gasteiger partial charge on any atom is 0.335 e. The molecule has 0 aliphatic carbocycles. The van der Waals surface area contributed by atoms with E-state index in [1.54, 1.807) is 0 Å². The number of carbonyl (C=O) groups is 4. The normalized spacial score (nSPS) is 20.0. The van der Waals surface area contributed by atoms with Gasteiger partial charge in [0.05, 0.1) is 0 Å². The number of carboxylic acids is 2. The van der Waals surface area contributed by atoms with E-state index in [4.69, 9.17) is 51.1 Å². The van der Waals surface area contributed by atoms with E-state index in [1.807, 2.05) is 0 Å². The van der Waals surface area contributed by atoms with Crippen molar-refractivity contribution in [3.8, 4) is 0 Å². The maximum absolute atomic E-state index is 10.1. The highest BCUT2D eigenvalue weighted by Gasteiger charge is 2.34. The summed E-state index contributed by atoms with van der Waals surface area (Å²) in [6.07, 6.45) is -16.8. The van der Waals surface area contributed by atoms with Gasteiger partial charge in [-0.3, -0.25) is 0 Å². The second kappa shape index (κ2) is 12.3. The summed E-state index contributed by atoms with van der Waals surface area (Å²) in [6.45, 7) is 0. The number of aliphatic carboxylic acids is 2. The van der Waals surface area contributed by atoms with Gasteiger partial charge in [0, 0.05) is 0 Å². The molecule has 14 nitrogen and oxygen atoms in total. The average Bonchev–Trinajstić information content (AvgIpc) is 2.62. The third-order valence-electron chi connectivity index (χ3n) is 2.83. The van der Waals surface area contributed by atoms with Crippen molar-refractivity contribution < 1.29 is 70.2 Å². The van der Waals surface area contributed by atoms with Crippen molar-refractivity contribution in [2.75, 3.05) is 0 Å². The molecule has 0 radical (unpaired) electrons. The molecule has 8 atom stereocenters. The van der Waals surface area contributed by atoms with E-state index in [9.17, 15) is 19.2 Å². The molecule has 14 heteroatoms. The summed E-state index contributed by atoms with van der Waals surface area (Å²) in [5.41, 5.74) is 0. The molecule has 26 heavy (non-hydrogen) atoms. The van der Waals surface area contributed by atoms with E-state index in [1.165, 1.54) is 0 Å². The van der Waals surface area contributed by atoms with Crippen LogP contribution in [-0.2, 0) is 19.2 Å². The Morgan fingerprint density at radius 2 is 0.769 bits per heavy atom. The van der Waals surface area contributed by atoms with Crippen LogP contribution in [0.3, 0.4) is 0 Å². The molecule has 0 aliphatic heterocycles. The monoisotopic (exact) mass is 388 g/mol. The molecule has 0 aromatic heterocycles. The molecular formula is C12H20O14. The fourth-order valence-electron chi connectivity index (χ4n) is 1.23. The van der Waals surface area contributed by atoms with Gasteiger partial charge >= 0.3 is 11.9 Å². The highest BCUT2D eigenvalue weighted by molar-refractivity contribution is 5.73. The molecule has 0 unspecified atom stereocenters. The number of rotatable bonds is 10. The van der Waals surface area contributed by atoms with E-state index >= 15 is 0 Å². The van der Waals surface area contributed by atoms with Gasteiger partial charge in [-0.05, 0) is 0 Å². The van der Waals surface area contributed by atoms with Crippen LogP contribution < -0.4 is 0 Å². The summed E-state index contributed by atoms with van der Waals surface area (Å²) in [7, 11) is 0. The fourth-order valence-corrected chi connectivity index (χ4v) is 1.23. The number of aliphatic hydroxyl groups is 8. The van der Waals surface area contributed by atoms with Crippen molar-refractivity contribution in [1.29, 1.82) is 0 Å². The van der Waals surface area contributed by atoms with Crippen molar-refractivity contribution in [3.63, 3.8) is 0 Å². The predicted octanol–water partition coefficient (Wildman–Crippen LogP) is -6.57. The predicted molar refractivity (Wildman–Crippen MR) is 75.5 cm³/mol. The lowest BCUT2D eigenvalue weighted by atomic mass is 10.0. The van der Waals surface area contributed by atoms with Crippen LogP contribution in [0.1, 0.15) is 0 Å². The summed E-state index contributed by atoms with van der Waals surface area (Å²) in [5.74, 6) is -3.52. The Balaban J connectivity index is 0. The first kappa shape index (κ1) is 26.2. The number of aldehydes is 2. The molecule has 0 aliphatic rings. The molecule has 0 bridgehead atoms. The third-order valence-corrected chi connectivity index (χ3v) is 2.83. The van der Waals surface area contributed by atoms with Gasteiger partial charge in [0.2, 0.25) is 0 Å². The van der Waals surface area contributed by atoms with Crippen molar-refractivity contribution >= 4 is 24.5 Å². The van der Waals surface area contributed by atoms with Gasteiger partial charge in [-0.2, -0.15) is 0 Å². The molecule has 0 aromatic carbocycles. The van der Waals surface area contributed by atoms with Crippen LogP contribution in [0.4, 0.5) is 0 Å². The van der Waals surface area contributed by atoms with E-state index in [0.29, 0.717) is 0 Å². The van der Waals surface area contributed by atoms with Gasteiger partial charge in [-0.25, -0.2) is 9.59 Å². The Hall–Kier alpha value is -2.04. The van der Waals surface area contributed by atoms with Crippen LogP contribution in [0, 0.1) is 0 Å². The van der Waals surface area contributed by atoms with Crippen molar-refractivity contribution in [2.45, 2.75) is 48.8 Å². The zero-order chi connectivity index (χ0) is 21.2. The minimum absolute atomic E-state index is 0.0809. The standard InChI is InChI=1S/2C6H10O7/c2*7-1-2(8)3(9)4(10)5(11)6(12)13/h2*1-5,8-11H,(H,12,13)/t2*2-,3+,4+,5-/m11/s1. The highest BCUT2D eigenvalue weighted by atomic mass is 16.4. The fraction of sp³-hybridized carbons (Fsp3) is 0.667. The Morgan fingerprint density at radius 1 is 0.538 bits per heavy atom. The van der Waals surface area contributed by atoms with Crippen LogP contribution in [0.2, 0.25) is 0 Å². The topological polar surface area (TPSA) is 271 Å². The summed E-state index contributed by atoms with van der Waals surface area (Å²) >= 11 is 0. The molecule has 0 rings (SSSR count). The Kier molecular flexibility index (Phi) is 12.4. The van der Waals surface area contributed by atoms with Crippen LogP contribution in [0.15, 0.2) is 0 Å². The van der Waals surface area contributed by atoms with Crippen molar-refractivity contribution in [2.24, 2.45) is 0 Å². The van der Waals surface area contributed by atoms with E-state index in [-0.39, 0.29) is 12.6 Å². The molecule has 0 amide bonds. The van der Waals surface area contributed by atoms with E-state index in [2.05, 4.69) is 0 Å². The Bertz CT molecular complexity index is 425. The van der Waals surface area contributed by atoms with Gasteiger partial charge in [0.25, 0.3) is 0 Å². The smallest absolute Gasteiger partial charge is 0.335 e. The Labute approximate surface area is 144 Å².